The van der Waals surface area contributed by atoms with Gasteiger partial charge < -0.3 is 14.5 Å². The van der Waals surface area contributed by atoms with Gasteiger partial charge in [0.2, 0.25) is 5.95 Å². The minimum atomic E-state index is 0.101. The molecule has 6 nitrogen and oxygen atoms in total. The second-order valence-corrected chi connectivity index (χ2v) is 4.54. The molecule has 96 valence electrons. The van der Waals surface area contributed by atoms with Crippen LogP contribution in [0.15, 0.2) is 22.8 Å². The van der Waals surface area contributed by atoms with Gasteiger partial charge in [-0.05, 0) is 25.5 Å². The third-order valence-electron chi connectivity index (χ3n) is 3.07. The molecule has 3 rings (SSSR count). The van der Waals surface area contributed by atoms with Crippen LogP contribution in [0.3, 0.4) is 0 Å². The smallest absolute Gasteiger partial charge is 0.222 e. The number of fused-ring (bicyclic) bond motifs is 1. The first-order valence-electron chi connectivity index (χ1n) is 6.02. The summed E-state index contributed by atoms with van der Waals surface area (Å²) in [6.07, 6.45) is 2.62. The van der Waals surface area contributed by atoms with Crippen LogP contribution >= 0.6 is 0 Å². The topological polar surface area (TPSA) is 65.1 Å². The summed E-state index contributed by atoms with van der Waals surface area (Å²) in [5.41, 5.74) is 0. The fraction of sp³-hybridized carbons (Fsp3) is 0.500. The Labute approximate surface area is 105 Å². The van der Waals surface area contributed by atoms with Crippen molar-refractivity contribution in [1.82, 2.24) is 14.8 Å². The summed E-state index contributed by atoms with van der Waals surface area (Å²) in [4.78, 5) is 4.43. The quantitative estimate of drug-likeness (QED) is 0.897. The molecule has 0 spiro atoms. The molecule has 0 unspecified atom stereocenters. The third kappa shape index (κ3) is 1.88. The Hall–Kier alpha value is -1.82. The Bertz CT molecular complexity index is 520. The molecular weight excluding hydrogens is 232 g/mol. The molecule has 0 aliphatic carbocycles. The van der Waals surface area contributed by atoms with Gasteiger partial charge in [-0.1, -0.05) is 0 Å². The highest BCUT2D eigenvalue weighted by molar-refractivity contribution is 5.32. The van der Waals surface area contributed by atoms with Crippen molar-refractivity contribution in [3.05, 3.63) is 30.0 Å². The van der Waals surface area contributed by atoms with Crippen LogP contribution in [0.5, 0.6) is 0 Å². The molecule has 2 aromatic heterocycles. The van der Waals surface area contributed by atoms with E-state index in [9.17, 15) is 0 Å². The summed E-state index contributed by atoms with van der Waals surface area (Å²) in [6.45, 7) is 2.55. The van der Waals surface area contributed by atoms with Crippen LogP contribution in [0, 0.1) is 0 Å². The van der Waals surface area contributed by atoms with Gasteiger partial charge >= 0.3 is 0 Å². The summed E-state index contributed by atoms with van der Waals surface area (Å²) in [6, 6.07) is 4.32. The molecule has 1 aliphatic heterocycles. The van der Waals surface area contributed by atoms with Gasteiger partial charge in [0.15, 0.2) is 5.82 Å². The van der Waals surface area contributed by atoms with Crippen LogP contribution in [-0.4, -0.2) is 27.9 Å². The lowest BCUT2D eigenvalue weighted by atomic mass is 10.0. The fourth-order valence-electron chi connectivity index (χ4n) is 2.31. The Morgan fingerprint density at radius 1 is 1.61 bits per heavy atom. The van der Waals surface area contributed by atoms with Crippen molar-refractivity contribution in [2.75, 3.05) is 12.4 Å². The van der Waals surface area contributed by atoms with Crippen LogP contribution in [0.2, 0.25) is 0 Å². The van der Waals surface area contributed by atoms with E-state index < -0.39 is 0 Å². The average molecular weight is 248 g/mol. The number of anilines is 1. The summed E-state index contributed by atoms with van der Waals surface area (Å²) in [7, 11) is 1.64. The van der Waals surface area contributed by atoms with Gasteiger partial charge in [0.25, 0.3) is 0 Å². The number of aromatic nitrogens is 3. The molecule has 2 atom stereocenters. The summed E-state index contributed by atoms with van der Waals surface area (Å²) in [5, 5.41) is 7.79. The van der Waals surface area contributed by atoms with E-state index in [1.165, 1.54) is 0 Å². The average Bonchev–Trinajstić information content (AvgIpc) is 2.96. The molecule has 18 heavy (non-hydrogen) atoms. The fourth-order valence-corrected chi connectivity index (χ4v) is 2.31. The number of ether oxygens (including phenoxy) is 1. The molecular formula is C12H16N4O2. The van der Waals surface area contributed by atoms with E-state index in [0.717, 1.165) is 18.1 Å². The Balaban J connectivity index is 1.98. The molecule has 1 N–H and O–H groups in total. The predicted octanol–water partition coefficient (Wildman–Crippen LogP) is 1.81. The van der Waals surface area contributed by atoms with Crippen molar-refractivity contribution in [2.24, 2.45) is 0 Å². The number of nitrogens with one attached hydrogen (secondary N) is 1. The second-order valence-electron chi connectivity index (χ2n) is 4.54. The van der Waals surface area contributed by atoms with Gasteiger partial charge in [0.05, 0.1) is 6.26 Å². The van der Waals surface area contributed by atoms with E-state index >= 15 is 0 Å². The highest BCUT2D eigenvalue weighted by atomic mass is 16.5. The minimum Gasteiger partial charge on any atom is -0.467 e. The maximum Gasteiger partial charge on any atom is 0.222 e. The van der Waals surface area contributed by atoms with Gasteiger partial charge in [0.1, 0.15) is 18.4 Å². The van der Waals surface area contributed by atoms with E-state index in [0.29, 0.717) is 18.5 Å². The molecule has 0 aromatic carbocycles. The second kappa shape index (κ2) is 4.45. The number of furan rings is 1. The van der Waals surface area contributed by atoms with E-state index in [1.54, 1.807) is 13.4 Å². The highest BCUT2D eigenvalue weighted by Crippen LogP contribution is 2.31. The standard InChI is InChI=1S/C12H16N4O2/c1-8-6-9(10-4-3-5-18-10)16-12(13-8)14-11(15-16)7-17-2/h3-5,8-9H,6-7H2,1-2H3,(H,13,14,15)/t8-,9-/m1/s1. The summed E-state index contributed by atoms with van der Waals surface area (Å²) < 4.78 is 12.5. The third-order valence-corrected chi connectivity index (χ3v) is 3.07. The van der Waals surface area contributed by atoms with Crippen molar-refractivity contribution >= 4 is 5.95 Å². The highest BCUT2D eigenvalue weighted by Gasteiger charge is 2.29. The van der Waals surface area contributed by atoms with Gasteiger partial charge in [-0.25, -0.2) is 4.68 Å². The van der Waals surface area contributed by atoms with Crippen LogP contribution in [0.25, 0.3) is 0 Å². The molecule has 0 amide bonds. The van der Waals surface area contributed by atoms with E-state index in [-0.39, 0.29) is 6.04 Å². The summed E-state index contributed by atoms with van der Waals surface area (Å²) in [5.74, 6) is 2.38. The van der Waals surface area contributed by atoms with E-state index in [1.807, 2.05) is 16.8 Å². The lowest BCUT2D eigenvalue weighted by molar-refractivity contribution is 0.177. The minimum absolute atomic E-state index is 0.101. The zero-order chi connectivity index (χ0) is 12.5. The van der Waals surface area contributed by atoms with Crippen molar-refractivity contribution in [3.8, 4) is 0 Å². The number of methoxy groups -OCH3 is 1. The lowest BCUT2D eigenvalue weighted by Gasteiger charge is -2.27. The molecule has 2 aromatic rings. The van der Waals surface area contributed by atoms with Gasteiger partial charge in [0, 0.05) is 13.2 Å². The maximum absolute atomic E-state index is 5.50. The van der Waals surface area contributed by atoms with Gasteiger partial charge in [-0.2, -0.15) is 10.1 Å². The van der Waals surface area contributed by atoms with Gasteiger partial charge in [-0.15, -0.1) is 0 Å². The number of hydrogen-bond donors (Lipinski definition) is 1. The zero-order valence-corrected chi connectivity index (χ0v) is 10.5. The maximum atomic E-state index is 5.50. The van der Waals surface area contributed by atoms with E-state index in [4.69, 9.17) is 9.15 Å². The molecule has 6 heteroatoms. The SMILES string of the molecule is COCc1nc2n(n1)[C@@H](c1ccco1)C[C@@H](C)N2. The Morgan fingerprint density at radius 2 is 2.50 bits per heavy atom. The van der Waals surface area contributed by atoms with Crippen LogP contribution < -0.4 is 5.32 Å². The van der Waals surface area contributed by atoms with Crippen LogP contribution in [-0.2, 0) is 11.3 Å². The van der Waals surface area contributed by atoms with Crippen molar-refractivity contribution < 1.29 is 9.15 Å². The zero-order valence-electron chi connectivity index (χ0n) is 10.5. The largest absolute Gasteiger partial charge is 0.467 e. The monoisotopic (exact) mass is 248 g/mol. The van der Waals surface area contributed by atoms with Crippen molar-refractivity contribution in [3.63, 3.8) is 0 Å². The molecule has 0 radical (unpaired) electrons. The number of rotatable bonds is 3. The van der Waals surface area contributed by atoms with Crippen molar-refractivity contribution in [1.29, 1.82) is 0 Å². The predicted molar refractivity (Wildman–Crippen MR) is 65.3 cm³/mol. The molecule has 0 fully saturated rings. The molecule has 0 saturated carbocycles. The van der Waals surface area contributed by atoms with Crippen LogP contribution in [0.4, 0.5) is 5.95 Å². The first-order valence-corrected chi connectivity index (χ1v) is 6.02. The van der Waals surface area contributed by atoms with Crippen LogP contribution in [0.1, 0.15) is 31.0 Å². The summed E-state index contributed by atoms with van der Waals surface area (Å²) >= 11 is 0. The Kier molecular flexibility index (Phi) is 2.79. The van der Waals surface area contributed by atoms with Gasteiger partial charge in [-0.3, -0.25) is 0 Å². The lowest BCUT2D eigenvalue weighted by Crippen LogP contribution is -2.30. The molecule has 0 bridgehead atoms. The first-order chi connectivity index (χ1) is 8.78. The Morgan fingerprint density at radius 3 is 3.22 bits per heavy atom. The number of hydrogen-bond acceptors (Lipinski definition) is 5. The molecule has 1 aliphatic rings. The van der Waals surface area contributed by atoms with Crippen molar-refractivity contribution in [2.45, 2.75) is 32.0 Å². The van der Waals surface area contributed by atoms with E-state index in [2.05, 4.69) is 22.3 Å². The molecule has 0 saturated heterocycles. The molecule has 3 heterocycles. The normalized spacial score (nSPS) is 22.6. The first kappa shape index (κ1) is 11.3. The number of nitrogens with zero attached hydrogens (tertiary/aromatic N) is 3.